The minimum atomic E-state index is -0.384. The van der Waals surface area contributed by atoms with Gasteiger partial charge in [-0.2, -0.15) is 0 Å². The maximum absolute atomic E-state index is 13.1. The topological polar surface area (TPSA) is 52.6 Å². The van der Waals surface area contributed by atoms with E-state index in [1.54, 1.807) is 31.3 Å². The van der Waals surface area contributed by atoms with E-state index >= 15 is 0 Å². The van der Waals surface area contributed by atoms with Gasteiger partial charge in [-0.3, -0.25) is 9.69 Å². The van der Waals surface area contributed by atoms with E-state index in [-0.39, 0.29) is 23.9 Å². The van der Waals surface area contributed by atoms with Gasteiger partial charge in [-0.25, -0.2) is 4.39 Å². The first kappa shape index (κ1) is 16.6. The van der Waals surface area contributed by atoms with Crippen LogP contribution in [0, 0.1) is 5.82 Å². The van der Waals surface area contributed by atoms with Gasteiger partial charge in [-0.15, -0.1) is 0 Å². The van der Waals surface area contributed by atoms with Gasteiger partial charge in [0.2, 0.25) is 0 Å². The third-order valence-electron chi connectivity index (χ3n) is 4.46. The van der Waals surface area contributed by atoms with Crippen molar-refractivity contribution in [2.45, 2.75) is 25.1 Å². The summed E-state index contributed by atoms with van der Waals surface area (Å²) in [6, 6.07) is 14.0. The Morgan fingerprint density at radius 2 is 1.88 bits per heavy atom. The molecular formula is C19H21FN2O2. The van der Waals surface area contributed by atoms with Gasteiger partial charge in [-0.1, -0.05) is 24.3 Å². The Hall–Kier alpha value is -2.24. The minimum absolute atomic E-state index is 0.0687. The third-order valence-corrected chi connectivity index (χ3v) is 4.46. The van der Waals surface area contributed by atoms with E-state index in [1.807, 2.05) is 12.1 Å². The summed E-state index contributed by atoms with van der Waals surface area (Å²) >= 11 is 0. The molecule has 5 heteroatoms. The molecule has 1 aliphatic heterocycles. The molecule has 2 aromatic carbocycles. The second kappa shape index (κ2) is 7.11. The highest BCUT2D eigenvalue weighted by molar-refractivity contribution is 5.93. The number of benzene rings is 2. The molecule has 0 bridgehead atoms. The van der Waals surface area contributed by atoms with Crippen LogP contribution in [0.2, 0.25) is 0 Å². The Morgan fingerprint density at radius 3 is 2.50 bits per heavy atom. The molecule has 0 spiro atoms. The number of nitrogens with zero attached hydrogens (tertiary/aromatic N) is 1. The molecule has 126 valence electrons. The molecule has 3 rings (SSSR count). The lowest BCUT2D eigenvalue weighted by Crippen LogP contribution is -2.24. The summed E-state index contributed by atoms with van der Waals surface area (Å²) in [5.74, 6) is -0.365. The standard InChI is InChI=1S/C19H21FN2O2/c1-21-19(24)15-4-2-13(3-5-15)11-22-12-17(23)10-18(22)14-6-8-16(20)9-7-14/h2-9,17-18,23H,10-12H2,1H3,(H,21,24)/t17-,18-/m0/s1. The lowest BCUT2D eigenvalue weighted by Gasteiger charge is -2.24. The maximum atomic E-state index is 13.1. The Labute approximate surface area is 140 Å². The summed E-state index contributed by atoms with van der Waals surface area (Å²) in [5, 5.41) is 12.6. The second-order valence-electron chi connectivity index (χ2n) is 6.16. The summed E-state index contributed by atoms with van der Waals surface area (Å²) in [6.07, 6.45) is 0.257. The number of aliphatic hydroxyl groups is 1. The van der Waals surface area contributed by atoms with Gasteiger partial charge in [0.15, 0.2) is 0 Å². The Bertz CT molecular complexity index is 700. The van der Waals surface area contributed by atoms with Crippen molar-refractivity contribution in [1.29, 1.82) is 0 Å². The first-order valence-corrected chi connectivity index (χ1v) is 8.05. The molecule has 1 heterocycles. The summed E-state index contributed by atoms with van der Waals surface area (Å²) in [6.45, 7) is 1.26. The summed E-state index contributed by atoms with van der Waals surface area (Å²) in [5.41, 5.74) is 2.71. The van der Waals surface area contributed by atoms with Gasteiger partial charge in [0, 0.05) is 31.7 Å². The van der Waals surface area contributed by atoms with E-state index in [2.05, 4.69) is 10.2 Å². The fraction of sp³-hybridized carbons (Fsp3) is 0.316. The van der Waals surface area contributed by atoms with E-state index < -0.39 is 0 Å². The number of nitrogens with one attached hydrogen (secondary N) is 1. The molecule has 1 fully saturated rings. The van der Waals surface area contributed by atoms with Gasteiger partial charge in [-0.05, 0) is 41.8 Å². The SMILES string of the molecule is CNC(=O)c1ccc(CN2C[C@@H](O)C[C@H]2c2ccc(F)cc2)cc1. The molecule has 0 aromatic heterocycles. The fourth-order valence-corrected chi connectivity index (χ4v) is 3.23. The highest BCUT2D eigenvalue weighted by Crippen LogP contribution is 2.33. The Kier molecular flexibility index (Phi) is 4.92. The average molecular weight is 328 g/mol. The van der Waals surface area contributed by atoms with Crippen LogP contribution in [0.25, 0.3) is 0 Å². The average Bonchev–Trinajstić information content (AvgIpc) is 2.96. The van der Waals surface area contributed by atoms with Crippen LogP contribution in [0.5, 0.6) is 0 Å². The number of carbonyl (C=O) groups excluding carboxylic acids is 1. The monoisotopic (exact) mass is 328 g/mol. The van der Waals surface area contributed by atoms with E-state index in [0.717, 1.165) is 11.1 Å². The van der Waals surface area contributed by atoms with Gasteiger partial charge in [0.1, 0.15) is 5.82 Å². The van der Waals surface area contributed by atoms with Crippen molar-refractivity contribution in [1.82, 2.24) is 10.2 Å². The second-order valence-corrected chi connectivity index (χ2v) is 6.16. The minimum Gasteiger partial charge on any atom is -0.392 e. The number of likely N-dealkylation sites (tertiary alicyclic amines) is 1. The van der Waals surface area contributed by atoms with Crippen LogP contribution in [0.1, 0.15) is 33.9 Å². The van der Waals surface area contributed by atoms with E-state index in [0.29, 0.717) is 25.1 Å². The molecule has 0 aliphatic carbocycles. The third kappa shape index (κ3) is 3.63. The predicted molar refractivity (Wildman–Crippen MR) is 90.0 cm³/mol. The highest BCUT2D eigenvalue weighted by atomic mass is 19.1. The van der Waals surface area contributed by atoms with Crippen LogP contribution in [0.4, 0.5) is 4.39 Å². The zero-order valence-electron chi connectivity index (χ0n) is 13.6. The zero-order valence-corrected chi connectivity index (χ0v) is 13.6. The van der Waals surface area contributed by atoms with Crippen LogP contribution in [-0.2, 0) is 6.54 Å². The van der Waals surface area contributed by atoms with Gasteiger partial charge < -0.3 is 10.4 Å². The van der Waals surface area contributed by atoms with Crippen molar-refractivity contribution in [3.63, 3.8) is 0 Å². The number of β-amino-alcohol motifs (C(OH)–C–C–N with tert-alkyl or cyclic N) is 1. The van der Waals surface area contributed by atoms with Crippen molar-refractivity contribution in [2.24, 2.45) is 0 Å². The molecule has 0 radical (unpaired) electrons. The first-order chi connectivity index (χ1) is 11.6. The summed E-state index contributed by atoms with van der Waals surface area (Å²) in [7, 11) is 1.61. The molecular weight excluding hydrogens is 307 g/mol. The van der Waals surface area contributed by atoms with Crippen LogP contribution < -0.4 is 5.32 Å². The van der Waals surface area contributed by atoms with Crippen LogP contribution in [0.3, 0.4) is 0 Å². The molecule has 0 unspecified atom stereocenters. The van der Waals surface area contributed by atoms with Crippen molar-refractivity contribution in [3.05, 3.63) is 71.0 Å². The van der Waals surface area contributed by atoms with Crippen LogP contribution in [0.15, 0.2) is 48.5 Å². The van der Waals surface area contributed by atoms with Crippen LogP contribution >= 0.6 is 0 Å². The van der Waals surface area contributed by atoms with Crippen molar-refractivity contribution in [3.8, 4) is 0 Å². The van der Waals surface area contributed by atoms with E-state index in [1.165, 1.54) is 12.1 Å². The first-order valence-electron chi connectivity index (χ1n) is 8.05. The molecule has 2 atom stereocenters. The number of amides is 1. The maximum Gasteiger partial charge on any atom is 0.251 e. The lowest BCUT2D eigenvalue weighted by molar-refractivity contribution is 0.0963. The molecule has 1 saturated heterocycles. The largest absolute Gasteiger partial charge is 0.392 e. The lowest BCUT2D eigenvalue weighted by atomic mass is 10.0. The quantitative estimate of drug-likeness (QED) is 0.907. The number of aliphatic hydroxyl groups excluding tert-OH is 1. The molecule has 2 aromatic rings. The normalized spacial score (nSPS) is 21.0. The summed E-state index contributed by atoms with van der Waals surface area (Å²) in [4.78, 5) is 13.8. The van der Waals surface area contributed by atoms with Crippen LogP contribution in [-0.4, -0.2) is 35.6 Å². The predicted octanol–water partition coefficient (Wildman–Crippen LogP) is 2.49. The smallest absolute Gasteiger partial charge is 0.251 e. The number of hydrogen-bond donors (Lipinski definition) is 2. The molecule has 1 amide bonds. The molecule has 24 heavy (non-hydrogen) atoms. The molecule has 2 N–H and O–H groups in total. The number of rotatable bonds is 4. The van der Waals surface area contributed by atoms with Gasteiger partial charge >= 0.3 is 0 Å². The zero-order chi connectivity index (χ0) is 17.1. The number of hydrogen-bond acceptors (Lipinski definition) is 3. The molecule has 1 aliphatic rings. The van der Waals surface area contributed by atoms with Gasteiger partial charge in [0.25, 0.3) is 5.91 Å². The molecule has 0 saturated carbocycles. The van der Waals surface area contributed by atoms with E-state index in [4.69, 9.17) is 0 Å². The fourth-order valence-electron chi connectivity index (χ4n) is 3.23. The highest BCUT2D eigenvalue weighted by Gasteiger charge is 2.31. The van der Waals surface area contributed by atoms with E-state index in [9.17, 15) is 14.3 Å². The van der Waals surface area contributed by atoms with Crippen molar-refractivity contribution < 1.29 is 14.3 Å². The van der Waals surface area contributed by atoms with Crippen molar-refractivity contribution >= 4 is 5.91 Å². The number of halogens is 1. The Morgan fingerprint density at radius 1 is 1.21 bits per heavy atom. The number of carbonyl (C=O) groups is 1. The Balaban J connectivity index is 1.75. The van der Waals surface area contributed by atoms with Crippen molar-refractivity contribution in [2.75, 3.05) is 13.6 Å². The summed E-state index contributed by atoms with van der Waals surface area (Å²) < 4.78 is 13.1. The molecule has 4 nitrogen and oxygen atoms in total. The van der Waals surface area contributed by atoms with Gasteiger partial charge in [0.05, 0.1) is 6.10 Å².